The summed E-state index contributed by atoms with van der Waals surface area (Å²) in [4.78, 5) is 0. The van der Waals surface area contributed by atoms with Crippen LogP contribution in [0, 0.1) is 0 Å². The SMILES string of the molecule is Cn1c2cccc3c4occc4n4c5c(ccc1c5c32)c1c4c2ccccc2n1-c1ccccc1. The summed E-state index contributed by atoms with van der Waals surface area (Å²) in [6.45, 7) is 0. The number of benzene rings is 4. The highest BCUT2D eigenvalue weighted by molar-refractivity contribution is 6.33. The van der Waals surface area contributed by atoms with Gasteiger partial charge < -0.3 is 18.0 Å². The zero-order chi connectivity index (χ0) is 22.8. The monoisotopic (exact) mass is 449 g/mol. The zero-order valence-corrected chi connectivity index (χ0v) is 19.0. The predicted octanol–water partition coefficient (Wildman–Crippen LogP) is 8.02. The van der Waals surface area contributed by atoms with Crippen molar-refractivity contribution in [3.05, 3.63) is 97.3 Å². The van der Waals surface area contributed by atoms with E-state index in [-0.39, 0.29) is 0 Å². The summed E-state index contributed by atoms with van der Waals surface area (Å²) in [5.41, 5.74) is 10.6. The van der Waals surface area contributed by atoms with Gasteiger partial charge in [-0.2, -0.15) is 0 Å². The van der Waals surface area contributed by atoms with Gasteiger partial charge in [0.15, 0.2) is 5.58 Å². The average Bonchev–Trinajstić information content (AvgIpc) is 3.63. The molecule has 35 heavy (non-hydrogen) atoms. The van der Waals surface area contributed by atoms with Crippen LogP contribution in [0.2, 0.25) is 0 Å². The van der Waals surface area contributed by atoms with Crippen LogP contribution in [0.25, 0.3) is 76.8 Å². The number of rotatable bonds is 1. The summed E-state index contributed by atoms with van der Waals surface area (Å²) in [6.07, 6.45) is 1.83. The maximum atomic E-state index is 6.21. The average molecular weight is 450 g/mol. The second-order valence-corrected chi connectivity index (χ2v) is 9.47. The van der Waals surface area contributed by atoms with Gasteiger partial charge in [-0.05, 0) is 36.4 Å². The lowest BCUT2D eigenvalue weighted by molar-refractivity contribution is 0.619. The van der Waals surface area contributed by atoms with E-state index in [2.05, 4.69) is 112 Å². The van der Waals surface area contributed by atoms with Crippen LogP contribution in [0.3, 0.4) is 0 Å². The second kappa shape index (κ2) is 5.86. The zero-order valence-electron chi connectivity index (χ0n) is 19.0. The van der Waals surface area contributed by atoms with E-state index in [0.29, 0.717) is 0 Å². The van der Waals surface area contributed by atoms with E-state index in [9.17, 15) is 0 Å². The van der Waals surface area contributed by atoms with Gasteiger partial charge >= 0.3 is 0 Å². The van der Waals surface area contributed by atoms with Crippen molar-refractivity contribution in [1.82, 2.24) is 13.5 Å². The summed E-state index contributed by atoms with van der Waals surface area (Å²) in [7, 11) is 2.16. The van der Waals surface area contributed by atoms with Crippen molar-refractivity contribution in [2.75, 3.05) is 0 Å². The highest BCUT2D eigenvalue weighted by Gasteiger charge is 2.26. The molecule has 0 aliphatic heterocycles. The summed E-state index contributed by atoms with van der Waals surface area (Å²) in [5, 5.41) is 6.21. The molecule has 164 valence electrons. The van der Waals surface area contributed by atoms with Crippen LogP contribution in [0.5, 0.6) is 0 Å². The minimum absolute atomic E-state index is 0.926. The van der Waals surface area contributed by atoms with E-state index in [1.807, 2.05) is 6.26 Å². The van der Waals surface area contributed by atoms with Crippen LogP contribution in [0.4, 0.5) is 0 Å². The maximum absolute atomic E-state index is 6.21. The largest absolute Gasteiger partial charge is 0.462 e. The van der Waals surface area contributed by atoms with E-state index in [4.69, 9.17) is 4.42 Å². The van der Waals surface area contributed by atoms with E-state index in [1.54, 1.807) is 0 Å². The van der Waals surface area contributed by atoms with Crippen molar-refractivity contribution >= 4 is 71.1 Å². The Balaban J connectivity index is 1.73. The van der Waals surface area contributed by atoms with E-state index in [1.165, 1.54) is 60.3 Å². The third-order valence-electron chi connectivity index (χ3n) is 7.87. The standard InChI is InChI=1S/C31H19N3O/c1-32-23-13-7-11-20-26(23)27-24(32)15-14-21-28(27)34(25-16-17-35-31(20)25)29-19-10-5-6-12-22(19)33(30(21)29)18-8-3-2-4-9-18/h2-17H,1H3. The molecule has 0 N–H and O–H groups in total. The molecule has 4 nitrogen and oxygen atoms in total. The first-order chi connectivity index (χ1) is 17.3. The van der Waals surface area contributed by atoms with Crippen molar-refractivity contribution in [3.63, 3.8) is 0 Å². The third kappa shape index (κ3) is 1.90. The van der Waals surface area contributed by atoms with Gasteiger partial charge in [-0.1, -0.05) is 48.5 Å². The first-order valence-corrected chi connectivity index (χ1v) is 11.9. The van der Waals surface area contributed by atoms with Crippen LogP contribution < -0.4 is 0 Å². The molecule has 0 saturated carbocycles. The van der Waals surface area contributed by atoms with Crippen LogP contribution in [-0.2, 0) is 7.05 Å². The fourth-order valence-corrected chi connectivity index (χ4v) is 6.51. The van der Waals surface area contributed by atoms with Crippen molar-refractivity contribution in [3.8, 4) is 5.69 Å². The molecule has 9 rings (SSSR count). The Morgan fingerprint density at radius 3 is 2.23 bits per heavy atom. The lowest BCUT2D eigenvalue weighted by atomic mass is 10.1. The molecule has 0 aliphatic rings. The fourth-order valence-electron chi connectivity index (χ4n) is 6.51. The second-order valence-electron chi connectivity index (χ2n) is 9.47. The lowest BCUT2D eigenvalue weighted by Crippen LogP contribution is -1.93. The lowest BCUT2D eigenvalue weighted by Gasteiger charge is -2.08. The van der Waals surface area contributed by atoms with Crippen LogP contribution >= 0.6 is 0 Å². The number of para-hydroxylation sites is 2. The van der Waals surface area contributed by atoms with Crippen molar-refractivity contribution in [2.45, 2.75) is 0 Å². The van der Waals surface area contributed by atoms with E-state index >= 15 is 0 Å². The summed E-state index contributed by atoms with van der Waals surface area (Å²) in [5.74, 6) is 0. The first kappa shape index (κ1) is 17.7. The van der Waals surface area contributed by atoms with Crippen LogP contribution in [0.1, 0.15) is 0 Å². The Labute approximate surface area is 199 Å². The molecule has 0 amide bonds. The minimum Gasteiger partial charge on any atom is -0.462 e. The summed E-state index contributed by atoms with van der Waals surface area (Å²) < 4.78 is 13.4. The van der Waals surface area contributed by atoms with Crippen molar-refractivity contribution < 1.29 is 4.42 Å². The molecule has 9 aromatic rings. The molecule has 4 aromatic carbocycles. The predicted molar refractivity (Wildman–Crippen MR) is 144 cm³/mol. The fraction of sp³-hybridized carbons (Fsp3) is 0.0323. The van der Waals surface area contributed by atoms with Gasteiger partial charge in [0.1, 0.15) is 0 Å². The molecule has 0 spiro atoms. The smallest absolute Gasteiger partial charge is 0.158 e. The Morgan fingerprint density at radius 1 is 0.543 bits per heavy atom. The van der Waals surface area contributed by atoms with Gasteiger partial charge in [-0.15, -0.1) is 0 Å². The maximum Gasteiger partial charge on any atom is 0.158 e. The van der Waals surface area contributed by atoms with Crippen molar-refractivity contribution in [1.29, 1.82) is 0 Å². The Hall–Kier alpha value is -4.70. The van der Waals surface area contributed by atoms with Crippen molar-refractivity contribution in [2.24, 2.45) is 7.05 Å². The number of aromatic nitrogens is 3. The normalized spacial score (nSPS) is 12.7. The molecule has 0 fully saturated rings. The molecule has 5 aromatic heterocycles. The van der Waals surface area contributed by atoms with E-state index in [0.717, 1.165) is 16.5 Å². The molecule has 0 aliphatic carbocycles. The molecule has 0 atom stereocenters. The Kier molecular flexibility index (Phi) is 2.97. The molecular formula is C31H19N3O. The van der Waals surface area contributed by atoms with Gasteiger partial charge in [0.05, 0.1) is 39.4 Å². The van der Waals surface area contributed by atoms with Gasteiger partial charge in [0, 0.05) is 51.2 Å². The quantitative estimate of drug-likeness (QED) is 0.249. The number of aryl methyl sites for hydroxylation is 1. The van der Waals surface area contributed by atoms with Gasteiger partial charge in [-0.3, -0.25) is 0 Å². The van der Waals surface area contributed by atoms with Gasteiger partial charge in [-0.25, -0.2) is 0 Å². The highest BCUT2D eigenvalue weighted by atomic mass is 16.3. The molecule has 4 heteroatoms. The Morgan fingerprint density at radius 2 is 1.31 bits per heavy atom. The number of furan rings is 1. The topological polar surface area (TPSA) is 27.4 Å². The summed E-state index contributed by atoms with van der Waals surface area (Å²) in [6, 6.07) is 32.7. The molecule has 0 saturated heterocycles. The first-order valence-electron chi connectivity index (χ1n) is 11.9. The van der Waals surface area contributed by atoms with Gasteiger partial charge in [0.2, 0.25) is 0 Å². The van der Waals surface area contributed by atoms with Crippen LogP contribution in [-0.4, -0.2) is 13.5 Å². The number of nitrogens with zero attached hydrogens (tertiary/aromatic N) is 3. The molecule has 0 bridgehead atoms. The molecule has 5 heterocycles. The number of hydrogen-bond donors (Lipinski definition) is 0. The Bertz CT molecular complexity index is 2270. The van der Waals surface area contributed by atoms with Gasteiger partial charge in [0.25, 0.3) is 0 Å². The number of hydrogen-bond acceptors (Lipinski definition) is 1. The molecule has 0 radical (unpaired) electrons. The molecule has 0 unspecified atom stereocenters. The molecular weight excluding hydrogens is 430 g/mol. The minimum atomic E-state index is 0.926. The summed E-state index contributed by atoms with van der Waals surface area (Å²) >= 11 is 0. The number of fused-ring (bicyclic) bond motifs is 8. The third-order valence-corrected chi connectivity index (χ3v) is 7.87. The van der Waals surface area contributed by atoms with Crippen LogP contribution in [0.15, 0.2) is 102 Å². The van der Waals surface area contributed by atoms with E-state index < -0.39 is 0 Å². The highest BCUT2D eigenvalue weighted by Crippen LogP contribution is 2.46.